The van der Waals surface area contributed by atoms with Crippen LogP contribution in [0.5, 0.6) is 0 Å². The number of furan rings is 1. The number of nitrogens with zero attached hydrogens (tertiary/aromatic N) is 1. The first kappa shape index (κ1) is 12.6. The van der Waals surface area contributed by atoms with E-state index in [-0.39, 0.29) is 12.4 Å². The fourth-order valence-corrected chi connectivity index (χ4v) is 1.96. The zero-order valence-electron chi connectivity index (χ0n) is 9.11. The molecule has 3 nitrogen and oxygen atoms in total. The van der Waals surface area contributed by atoms with E-state index in [0.717, 1.165) is 31.9 Å². The molecule has 2 rings (SSSR count). The second-order valence-electron chi connectivity index (χ2n) is 3.83. The second-order valence-corrected chi connectivity index (χ2v) is 3.83. The lowest BCUT2D eigenvalue weighted by atomic mass is 10.2. The zero-order chi connectivity index (χ0) is 9.80. The SMILES string of the molecule is CC(c1ccco1)N1CCCNCC1.Cl. The van der Waals surface area contributed by atoms with Gasteiger partial charge >= 0.3 is 0 Å². The van der Waals surface area contributed by atoms with E-state index >= 15 is 0 Å². The van der Waals surface area contributed by atoms with Crippen LogP contribution in [-0.4, -0.2) is 31.1 Å². The van der Waals surface area contributed by atoms with Crippen molar-refractivity contribution in [3.8, 4) is 0 Å². The second kappa shape index (κ2) is 6.16. The lowest BCUT2D eigenvalue weighted by Gasteiger charge is -2.25. The van der Waals surface area contributed by atoms with E-state index < -0.39 is 0 Å². The van der Waals surface area contributed by atoms with Crippen LogP contribution in [0.15, 0.2) is 22.8 Å². The zero-order valence-corrected chi connectivity index (χ0v) is 9.93. The van der Waals surface area contributed by atoms with Gasteiger partial charge in [0.25, 0.3) is 0 Å². The van der Waals surface area contributed by atoms with Gasteiger partial charge in [-0.2, -0.15) is 0 Å². The van der Waals surface area contributed by atoms with Crippen molar-refractivity contribution < 1.29 is 4.42 Å². The fourth-order valence-electron chi connectivity index (χ4n) is 1.96. The number of hydrogen-bond acceptors (Lipinski definition) is 3. The van der Waals surface area contributed by atoms with Gasteiger partial charge in [0.1, 0.15) is 5.76 Å². The van der Waals surface area contributed by atoms with Crippen LogP contribution in [0.4, 0.5) is 0 Å². The fraction of sp³-hybridized carbons (Fsp3) is 0.636. The average molecular weight is 231 g/mol. The number of hydrogen-bond donors (Lipinski definition) is 1. The van der Waals surface area contributed by atoms with Crippen LogP contribution in [0.3, 0.4) is 0 Å². The molecule has 1 N–H and O–H groups in total. The van der Waals surface area contributed by atoms with Crippen LogP contribution in [0.25, 0.3) is 0 Å². The van der Waals surface area contributed by atoms with E-state index in [1.165, 1.54) is 6.42 Å². The lowest BCUT2D eigenvalue weighted by molar-refractivity contribution is 0.200. The van der Waals surface area contributed by atoms with Crippen LogP contribution in [0.1, 0.15) is 25.1 Å². The number of nitrogens with one attached hydrogen (secondary N) is 1. The van der Waals surface area contributed by atoms with Crippen LogP contribution in [0.2, 0.25) is 0 Å². The maximum atomic E-state index is 5.43. The van der Waals surface area contributed by atoms with E-state index in [1.807, 2.05) is 6.07 Å². The summed E-state index contributed by atoms with van der Waals surface area (Å²) in [4.78, 5) is 2.47. The molecule has 1 aromatic rings. The lowest BCUT2D eigenvalue weighted by Crippen LogP contribution is -2.30. The van der Waals surface area contributed by atoms with Crippen molar-refractivity contribution in [2.24, 2.45) is 0 Å². The van der Waals surface area contributed by atoms with Gasteiger partial charge in [-0.15, -0.1) is 12.4 Å². The van der Waals surface area contributed by atoms with E-state index in [1.54, 1.807) is 6.26 Å². The van der Waals surface area contributed by atoms with Crippen LogP contribution >= 0.6 is 12.4 Å². The summed E-state index contributed by atoms with van der Waals surface area (Å²) in [6.45, 7) is 6.72. The first-order valence-corrected chi connectivity index (χ1v) is 5.36. The Balaban J connectivity index is 0.00000112. The quantitative estimate of drug-likeness (QED) is 0.843. The van der Waals surface area contributed by atoms with Gasteiger partial charge in [0, 0.05) is 19.6 Å². The molecule has 1 atom stereocenters. The van der Waals surface area contributed by atoms with Crippen molar-refractivity contribution in [3.63, 3.8) is 0 Å². The van der Waals surface area contributed by atoms with Gasteiger partial charge in [0.2, 0.25) is 0 Å². The Morgan fingerprint density at radius 3 is 3.00 bits per heavy atom. The Labute approximate surface area is 97.2 Å². The molecule has 1 aliphatic rings. The Morgan fingerprint density at radius 1 is 1.40 bits per heavy atom. The molecule has 0 amide bonds. The third kappa shape index (κ3) is 3.23. The molecule has 1 aromatic heterocycles. The maximum absolute atomic E-state index is 5.43. The largest absolute Gasteiger partial charge is 0.468 e. The molecule has 1 saturated heterocycles. The molecule has 1 fully saturated rings. The third-order valence-electron chi connectivity index (χ3n) is 2.88. The van der Waals surface area contributed by atoms with Crippen LogP contribution < -0.4 is 5.32 Å². The van der Waals surface area contributed by atoms with Crippen LogP contribution in [0, 0.1) is 0 Å². The van der Waals surface area contributed by atoms with E-state index in [2.05, 4.69) is 23.2 Å². The predicted molar refractivity (Wildman–Crippen MR) is 63.4 cm³/mol. The van der Waals surface area contributed by atoms with Crippen molar-refractivity contribution >= 4 is 12.4 Å². The Kier molecular flexibility index (Phi) is 5.15. The Hall–Kier alpha value is -0.510. The minimum atomic E-state index is 0. The highest BCUT2D eigenvalue weighted by atomic mass is 35.5. The minimum Gasteiger partial charge on any atom is -0.468 e. The van der Waals surface area contributed by atoms with Crippen molar-refractivity contribution in [3.05, 3.63) is 24.2 Å². The third-order valence-corrected chi connectivity index (χ3v) is 2.88. The molecule has 0 aliphatic carbocycles. The Bertz CT molecular complexity index is 256. The van der Waals surface area contributed by atoms with Gasteiger partial charge in [0.15, 0.2) is 0 Å². The molecule has 2 heterocycles. The summed E-state index contributed by atoms with van der Waals surface area (Å²) in [6, 6.07) is 4.43. The van der Waals surface area contributed by atoms with Gasteiger partial charge in [-0.3, -0.25) is 4.90 Å². The van der Waals surface area contributed by atoms with E-state index in [0.29, 0.717) is 6.04 Å². The van der Waals surface area contributed by atoms with Crippen molar-refractivity contribution in [1.82, 2.24) is 10.2 Å². The highest BCUT2D eigenvalue weighted by Gasteiger charge is 2.18. The molecule has 0 bridgehead atoms. The molecule has 0 saturated carbocycles. The molecule has 0 aromatic carbocycles. The van der Waals surface area contributed by atoms with Crippen molar-refractivity contribution in [2.45, 2.75) is 19.4 Å². The summed E-state index contributed by atoms with van der Waals surface area (Å²) in [5, 5.41) is 3.41. The highest BCUT2D eigenvalue weighted by Crippen LogP contribution is 2.20. The van der Waals surface area contributed by atoms with Crippen LogP contribution in [-0.2, 0) is 0 Å². The smallest absolute Gasteiger partial charge is 0.120 e. The van der Waals surface area contributed by atoms with E-state index in [4.69, 9.17) is 4.42 Å². The molecule has 1 unspecified atom stereocenters. The summed E-state index contributed by atoms with van der Waals surface area (Å²) in [7, 11) is 0. The van der Waals surface area contributed by atoms with Gasteiger partial charge in [-0.25, -0.2) is 0 Å². The maximum Gasteiger partial charge on any atom is 0.120 e. The summed E-state index contributed by atoms with van der Waals surface area (Å²) >= 11 is 0. The minimum absolute atomic E-state index is 0. The first-order valence-electron chi connectivity index (χ1n) is 5.36. The van der Waals surface area contributed by atoms with E-state index in [9.17, 15) is 0 Å². The number of rotatable bonds is 2. The number of halogens is 1. The van der Waals surface area contributed by atoms with Gasteiger partial charge in [-0.05, 0) is 32.0 Å². The van der Waals surface area contributed by atoms with Crippen molar-refractivity contribution in [2.75, 3.05) is 26.2 Å². The molecule has 0 radical (unpaired) electrons. The molecule has 4 heteroatoms. The molecule has 0 spiro atoms. The van der Waals surface area contributed by atoms with Gasteiger partial charge in [-0.1, -0.05) is 0 Å². The molecular formula is C11H19ClN2O. The molecule has 1 aliphatic heterocycles. The summed E-state index contributed by atoms with van der Waals surface area (Å²) in [5.74, 6) is 1.08. The van der Waals surface area contributed by atoms with Gasteiger partial charge < -0.3 is 9.73 Å². The standard InChI is InChI=1S/C11H18N2O.ClH/c1-10(11-4-2-9-14-11)13-7-3-5-12-6-8-13;/h2,4,9-10,12H,3,5-8H2,1H3;1H. The first-order chi connectivity index (χ1) is 6.88. The molecule has 15 heavy (non-hydrogen) atoms. The Morgan fingerprint density at radius 2 is 2.27 bits per heavy atom. The normalized spacial score (nSPS) is 20.3. The average Bonchev–Trinajstić information content (AvgIpc) is 2.59. The van der Waals surface area contributed by atoms with Crippen molar-refractivity contribution in [1.29, 1.82) is 0 Å². The highest BCUT2D eigenvalue weighted by molar-refractivity contribution is 5.85. The summed E-state index contributed by atoms with van der Waals surface area (Å²) < 4.78 is 5.43. The summed E-state index contributed by atoms with van der Waals surface area (Å²) in [5.41, 5.74) is 0. The molecular weight excluding hydrogens is 212 g/mol. The predicted octanol–water partition coefficient (Wildman–Crippen LogP) is 2.06. The monoisotopic (exact) mass is 230 g/mol. The summed E-state index contributed by atoms with van der Waals surface area (Å²) in [6.07, 6.45) is 2.98. The topological polar surface area (TPSA) is 28.4 Å². The van der Waals surface area contributed by atoms with Gasteiger partial charge in [0.05, 0.1) is 12.3 Å². The molecule has 86 valence electrons.